The number of rotatable bonds is 5. The third kappa shape index (κ3) is 3.31. The standard InChI is InChI=1S/C14H18N2OS/c1-10(2)15-8-14(17)16-7-11-9-18-13-6-4-3-5-12(11)13/h3-6,9-10,15H,7-8H2,1-2H3,(H,16,17). The maximum atomic E-state index is 11.6. The first-order valence-electron chi connectivity index (χ1n) is 6.12. The molecular formula is C14H18N2OS. The van der Waals surface area contributed by atoms with Crippen LogP contribution in [0.4, 0.5) is 0 Å². The molecule has 0 radical (unpaired) electrons. The summed E-state index contributed by atoms with van der Waals surface area (Å²) < 4.78 is 1.27. The van der Waals surface area contributed by atoms with Gasteiger partial charge in [0.15, 0.2) is 0 Å². The topological polar surface area (TPSA) is 41.1 Å². The summed E-state index contributed by atoms with van der Waals surface area (Å²) in [5.41, 5.74) is 1.19. The van der Waals surface area contributed by atoms with E-state index in [0.717, 1.165) is 0 Å². The fourth-order valence-corrected chi connectivity index (χ4v) is 2.69. The lowest BCUT2D eigenvalue weighted by atomic mass is 10.2. The lowest BCUT2D eigenvalue weighted by molar-refractivity contribution is -0.120. The summed E-state index contributed by atoms with van der Waals surface area (Å²) >= 11 is 1.72. The third-order valence-corrected chi connectivity index (χ3v) is 3.72. The maximum Gasteiger partial charge on any atom is 0.234 e. The lowest BCUT2D eigenvalue weighted by Crippen LogP contribution is -2.36. The molecule has 1 aromatic carbocycles. The number of hydrogen-bond acceptors (Lipinski definition) is 3. The van der Waals surface area contributed by atoms with Gasteiger partial charge in [-0.2, -0.15) is 0 Å². The third-order valence-electron chi connectivity index (χ3n) is 2.71. The summed E-state index contributed by atoms with van der Waals surface area (Å²) in [6.45, 7) is 5.03. The summed E-state index contributed by atoms with van der Waals surface area (Å²) in [7, 11) is 0. The van der Waals surface area contributed by atoms with Crippen molar-refractivity contribution in [3.63, 3.8) is 0 Å². The van der Waals surface area contributed by atoms with Crippen molar-refractivity contribution < 1.29 is 4.79 Å². The zero-order valence-corrected chi connectivity index (χ0v) is 11.5. The number of carbonyl (C=O) groups is 1. The average Bonchev–Trinajstić information content (AvgIpc) is 2.77. The first-order chi connectivity index (χ1) is 8.66. The molecule has 0 fully saturated rings. The van der Waals surface area contributed by atoms with Gasteiger partial charge in [-0.25, -0.2) is 0 Å². The molecule has 0 aliphatic rings. The number of hydrogen-bond donors (Lipinski definition) is 2. The van der Waals surface area contributed by atoms with Crippen molar-refractivity contribution in [3.05, 3.63) is 35.2 Å². The Morgan fingerprint density at radius 1 is 1.33 bits per heavy atom. The van der Waals surface area contributed by atoms with E-state index in [0.29, 0.717) is 19.1 Å². The van der Waals surface area contributed by atoms with Crippen LogP contribution >= 0.6 is 11.3 Å². The monoisotopic (exact) mass is 262 g/mol. The van der Waals surface area contributed by atoms with Crippen LogP contribution in [0.2, 0.25) is 0 Å². The van der Waals surface area contributed by atoms with E-state index in [-0.39, 0.29) is 5.91 Å². The normalized spacial score (nSPS) is 11.1. The van der Waals surface area contributed by atoms with Crippen molar-refractivity contribution in [3.8, 4) is 0 Å². The van der Waals surface area contributed by atoms with Crippen LogP contribution in [0.25, 0.3) is 10.1 Å². The smallest absolute Gasteiger partial charge is 0.234 e. The van der Waals surface area contributed by atoms with E-state index < -0.39 is 0 Å². The Kier molecular flexibility index (Phi) is 4.33. The Morgan fingerprint density at radius 2 is 2.11 bits per heavy atom. The number of benzene rings is 1. The second kappa shape index (κ2) is 5.98. The highest BCUT2D eigenvalue weighted by atomic mass is 32.1. The van der Waals surface area contributed by atoms with Crippen LogP contribution in [-0.2, 0) is 11.3 Å². The van der Waals surface area contributed by atoms with Crippen LogP contribution in [0.1, 0.15) is 19.4 Å². The predicted molar refractivity (Wildman–Crippen MR) is 76.8 cm³/mol. The molecule has 0 aliphatic heterocycles. The summed E-state index contributed by atoms with van der Waals surface area (Å²) in [4.78, 5) is 11.6. The van der Waals surface area contributed by atoms with Crippen molar-refractivity contribution in [2.24, 2.45) is 0 Å². The second-order valence-electron chi connectivity index (χ2n) is 4.57. The quantitative estimate of drug-likeness (QED) is 0.869. The molecule has 2 aromatic rings. The Balaban J connectivity index is 1.92. The maximum absolute atomic E-state index is 11.6. The van der Waals surface area contributed by atoms with Gasteiger partial charge in [-0.3, -0.25) is 4.79 Å². The van der Waals surface area contributed by atoms with E-state index in [9.17, 15) is 4.79 Å². The molecule has 1 aromatic heterocycles. The molecule has 4 heteroatoms. The molecule has 3 nitrogen and oxygen atoms in total. The average molecular weight is 262 g/mol. The molecule has 0 atom stereocenters. The van der Waals surface area contributed by atoms with Crippen LogP contribution in [0.15, 0.2) is 29.6 Å². The summed E-state index contributed by atoms with van der Waals surface area (Å²) in [5.74, 6) is 0.0407. The van der Waals surface area contributed by atoms with Crippen LogP contribution in [0.5, 0.6) is 0 Å². The second-order valence-corrected chi connectivity index (χ2v) is 5.48. The Labute approximate surface area is 111 Å². The van der Waals surface area contributed by atoms with Gasteiger partial charge >= 0.3 is 0 Å². The number of thiophene rings is 1. The van der Waals surface area contributed by atoms with Crippen LogP contribution in [0, 0.1) is 0 Å². The minimum absolute atomic E-state index is 0.0407. The molecule has 0 unspecified atom stereocenters. The van der Waals surface area contributed by atoms with Gasteiger partial charge < -0.3 is 10.6 Å². The largest absolute Gasteiger partial charge is 0.351 e. The van der Waals surface area contributed by atoms with Crippen LogP contribution < -0.4 is 10.6 Å². The number of carbonyl (C=O) groups excluding carboxylic acids is 1. The van der Waals surface area contributed by atoms with Crippen molar-refractivity contribution in [2.75, 3.05) is 6.54 Å². The molecule has 0 aliphatic carbocycles. The number of amides is 1. The zero-order valence-electron chi connectivity index (χ0n) is 10.7. The number of nitrogens with one attached hydrogen (secondary N) is 2. The molecule has 0 bridgehead atoms. The van der Waals surface area contributed by atoms with Gasteiger partial charge in [0.05, 0.1) is 6.54 Å². The van der Waals surface area contributed by atoms with Gasteiger partial charge in [-0.15, -0.1) is 11.3 Å². The van der Waals surface area contributed by atoms with Gasteiger partial charge in [0.2, 0.25) is 5.91 Å². The van der Waals surface area contributed by atoms with E-state index in [4.69, 9.17) is 0 Å². The summed E-state index contributed by atoms with van der Waals surface area (Å²) in [6, 6.07) is 8.59. The highest BCUT2D eigenvalue weighted by Crippen LogP contribution is 2.25. The molecule has 96 valence electrons. The van der Waals surface area contributed by atoms with E-state index >= 15 is 0 Å². The van der Waals surface area contributed by atoms with Gasteiger partial charge in [0.25, 0.3) is 0 Å². The Hall–Kier alpha value is -1.39. The fourth-order valence-electron chi connectivity index (χ4n) is 1.72. The highest BCUT2D eigenvalue weighted by molar-refractivity contribution is 7.17. The van der Waals surface area contributed by atoms with E-state index in [1.807, 2.05) is 26.0 Å². The predicted octanol–water partition coefficient (Wildman–Crippen LogP) is 2.52. The van der Waals surface area contributed by atoms with E-state index in [2.05, 4.69) is 28.1 Å². The van der Waals surface area contributed by atoms with Crippen molar-refractivity contribution in [1.82, 2.24) is 10.6 Å². The van der Waals surface area contributed by atoms with Gasteiger partial charge in [-0.05, 0) is 22.4 Å². The van der Waals surface area contributed by atoms with Crippen molar-refractivity contribution >= 4 is 27.3 Å². The fraction of sp³-hybridized carbons (Fsp3) is 0.357. The molecule has 2 N–H and O–H groups in total. The highest BCUT2D eigenvalue weighted by Gasteiger charge is 2.05. The van der Waals surface area contributed by atoms with Crippen LogP contribution in [-0.4, -0.2) is 18.5 Å². The van der Waals surface area contributed by atoms with Gasteiger partial charge in [0, 0.05) is 17.3 Å². The van der Waals surface area contributed by atoms with Crippen LogP contribution in [0.3, 0.4) is 0 Å². The van der Waals surface area contributed by atoms with Gasteiger partial charge in [0.1, 0.15) is 0 Å². The molecule has 0 saturated heterocycles. The van der Waals surface area contributed by atoms with E-state index in [1.54, 1.807) is 11.3 Å². The minimum atomic E-state index is 0.0407. The first kappa shape index (κ1) is 13.1. The molecule has 2 rings (SSSR count). The molecule has 1 amide bonds. The Bertz CT molecular complexity index is 533. The minimum Gasteiger partial charge on any atom is -0.351 e. The molecule has 18 heavy (non-hydrogen) atoms. The van der Waals surface area contributed by atoms with E-state index in [1.165, 1.54) is 15.6 Å². The summed E-state index contributed by atoms with van der Waals surface area (Å²) in [6.07, 6.45) is 0. The van der Waals surface area contributed by atoms with Gasteiger partial charge in [-0.1, -0.05) is 32.0 Å². The lowest BCUT2D eigenvalue weighted by Gasteiger charge is -2.08. The molecule has 0 saturated carbocycles. The van der Waals surface area contributed by atoms with Crippen molar-refractivity contribution in [2.45, 2.75) is 26.4 Å². The SMILES string of the molecule is CC(C)NCC(=O)NCc1csc2ccccc12. The Morgan fingerprint density at radius 3 is 2.89 bits per heavy atom. The molecule has 0 spiro atoms. The number of fused-ring (bicyclic) bond motifs is 1. The molecule has 1 heterocycles. The summed E-state index contributed by atoms with van der Waals surface area (Å²) in [5, 5.41) is 9.39. The zero-order chi connectivity index (χ0) is 13.0. The van der Waals surface area contributed by atoms with Crippen molar-refractivity contribution in [1.29, 1.82) is 0 Å². The molecular weight excluding hydrogens is 244 g/mol. The first-order valence-corrected chi connectivity index (χ1v) is 7.00.